The Bertz CT molecular complexity index is 645. The van der Waals surface area contributed by atoms with Crippen molar-refractivity contribution < 1.29 is 9.90 Å². The summed E-state index contributed by atoms with van der Waals surface area (Å²) < 4.78 is 0. The number of pyridine rings is 1. The summed E-state index contributed by atoms with van der Waals surface area (Å²) in [4.78, 5) is 18.2. The molecule has 3 N–H and O–H groups in total. The number of rotatable bonds is 2. The highest BCUT2D eigenvalue weighted by Crippen LogP contribution is 2.30. The average molecular weight is 257 g/mol. The SMILES string of the molecule is O=C(O)NC1CC=C(c2c[nH]c3cccnc23)CC1. The molecule has 2 aromatic heterocycles. The second-order valence-electron chi connectivity index (χ2n) is 4.75. The number of carbonyl (C=O) groups is 1. The number of aromatic amines is 1. The van der Waals surface area contributed by atoms with E-state index in [9.17, 15) is 4.79 Å². The molecule has 0 bridgehead atoms. The predicted octanol–water partition coefficient (Wildman–Crippen LogP) is 2.77. The Hall–Kier alpha value is -2.30. The van der Waals surface area contributed by atoms with E-state index in [1.807, 2.05) is 18.3 Å². The molecule has 19 heavy (non-hydrogen) atoms. The molecule has 0 saturated carbocycles. The van der Waals surface area contributed by atoms with Crippen molar-refractivity contribution in [1.82, 2.24) is 15.3 Å². The van der Waals surface area contributed by atoms with Gasteiger partial charge in [0.1, 0.15) is 0 Å². The van der Waals surface area contributed by atoms with Crippen LogP contribution in [-0.2, 0) is 0 Å². The van der Waals surface area contributed by atoms with Crippen molar-refractivity contribution in [2.75, 3.05) is 0 Å². The molecule has 3 rings (SSSR count). The van der Waals surface area contributed by atoms with E-state index in [1.165, 1.54) is 5.57 Å². The van der Waals surface area contributed by atoms with Gasteiger partial charge < -0.3 is 15.4 Å². The second-order valence-corrected chi connectivity index (χ2v) is 4.75. The van der Waals surface area contributed by atoms with Crippen molar-refractivity contribution in [2.45, 2.75) is 25.3 Å². The van der Waals surface area contributed by atoms with E-state index in [0.29, 0.717) is 0 Å². The molecule has 0 spiro atoms. The third-order valence-corrected chi connectivity index (χ3v) is 3.52. The van der Waals surface area contributed by atoms with Crippen molar-refractivity contribution >= 4 is 22.7 Å². The van der Waals surface area contributed by atoms with Gasteiger partial charge in [0, 0.05) is 24.0 Å². The Morgan fingerprint density at radius 1 is 1.53 bits per heavy atom. The Kier molecular flexibility index (Phi) is 2.95. The van der Waals surface area contributed by atoms with Crippen LogP contribution >= 0.6 is 0 Å². The van der Waals surface area contributed by atoms with E-state index in [1.54, 1.807) is 6.20 Å². The van der Waals surface area contributed by atoms with Crippen LogP contribution in [-0.4, -0.2) is 27.2 Å². The zero-order valence-corrected chi connectivity index (χ0v) is 10.4. The number of hydrogen-bond donors (Lipinski definition) is 3. The molecule has 1 amide bonds. The van der Waals surface area contributed by atoms with Gasteiger partial charge in [0.25, 0.3) is 0 Å². The van der Waals surface area contributed by atoms with Crippen molar-refractivity contribution in [2.24, 2.45) is 0 Å². The highest BCUT2D eigenvalue weighted by atomic mass is 16.4. The number of carboxylic acid groups (broad SMARTS) is 1. The van der Waals surface area contributed by atoms with Crippen LogP contribution in [0.1, 0.15) is 24.8 Å². The van der Waals surface area contributed by atoms with E-state index in [2.05, 4.69) is 21.4 Å². The maximum absolute atomic E-state index is 10.6. The van der Waals surface area contributed by atoms with Crippen LogP contribution in [0.2, 0.25) is 0 Å². The highest BCUT2D eigenvalue weighted by Gasteiger charge is 2.18. The summed E-state index contributed by atoms with van der Waals surface area (Å²) in [5.41, 5.74) is 4.39. The van der Waals surface area contributed by atoms with Gasteiger partial charge in [0.2, 0.25) is 0 Å². The van der Waals surface area contributed by atoms with Crippen molar-refractivity contribution in [3.05, 3.63) is 36.2 Å². The fourth-order valence-corrected chi connectivity index (χ4v) is 2.58. The van der Waals surface area contributed by atoms with Gasteiger partial charge in [0.05, 0.1) is 11.0 Å². The van der Waals surface area contributed by atoms with Crippen LogP contribution < -0.4 is 5.32 Å². The standard InChI is InChI=1S/C14H15N3O2/c18-14(19)17-10-5-3-9(4-6-10)11-8-16-12-2-1-7-15-13(11)12/h1-3,7-8,10,16-17H,4-6H2,(H,18,19). The number of allylic oxidation sites excluding steroid dienone is 1. The molecule has 0 fully saturated rings. The lowest BCUT2D eigenvalue weighted by Gasteiger charge is -2.21. The fourth-order valence-electron chi connectivity index (χ4n) is 2.58. The summed E-state index contributed by atoms with van der Waals surface area (Å²) >= 11 is 0. The quantitative estimate of drug-likeness (QED) is 0.774. The molecule has 1 unspecified atom stereocenters. The van der Waals surface area contributed by atoms with Crippen molar-refractivity contribution in [3.63, 3.8) is 0 Å². The molecule has 1 aliphatic carbocycles. The van der Waals surface area contributed by atoms with E-state index < -0.39 is 6.09 Å². The largest absolute Gasteiger partial charge is 0.465 e. The minimum atomic E-state index is -0.949. The topological polar surface area (TPSA) is 78.0 Å². The number of aromatic nitrogens is 2. The van der Waals surface area contributed by atoms with E-state index in [0.717, 1.165) is 35.9 Å². The first kappa shape index (κ1) is 11.8. The number of amides is 1. The third-order valence-electron chi connectivity index (χ3n) is 3.52. The zero-order chi connectivity index (χ0) is 13.2. The van der Waals surface area contributed by atoms with Gasteiger partial charge in [-0.15, -0.1) is 0 Å². The van der Waals surface area contributed by atoms with Crippen LogP contribution in [0.3, 0.4) is 0 Å². The third kappa shape index (κ3) is 2.31. The Morgan fingerprint density at radius 3 is 3.16 bits per heavy atom. The van der Waals surface area contributed by atoms with Gasteiger partial charge in [0.15, 0.2) is 0 Å². The van der Waals surface area contributed by atoms with Gasteiger partial charge >= 0.3 is 6.09 Å². The highest BCUT2D eigenvalue weighted by molar-refractivity contribution is 5.89. The van der Waals surface area contributed by atoms with Crippen molar-refractivity contribution in [3.8, 4) is 0 Å². The molecule has 5 heteroatoms. The molecule has 0 saturated heterocycles. The lowest BCUT2D eigenvalue weighted by molar-refractivity contribution is 0.189. The first-order valence-electron chi connectivity index (χ1n) is 6.35. The lowest BCUT2D eigenvalue weighted by Crippen LogP contribution is -2.34. The monoisotopic (exact) mass is 257 g/mol. The molecular weight excluding hydrogens is 242 g/mol. The summed E-state index contributed by atoms with van der Waals surface area (Å²) in [6.45, 7) is 0. The molecule has 5 nitrogen and oxygen atoms in total. The molecule has 1 aliphatic rings. The van der Waals surface area contributed by atoms with Gasteiger partial charge in [-0.25, -0.2) is 4.79 Å². The summed E-state index contributed by atoms with van der Waals surface area (Å²) in [6, 6.07) is 3.94. The average Bonchev–Trinajstić information content (AvgIpc) is 2.83. The molecular formula is C14H15N3O2. The number of nitrogens with zero attached hydrogens (tertiary/aromatic N) is 1. The van der Waals surface area contributed by atoms with E-state index in [4.69, 9.17) is 5.11 Å². The Labute approximate surface area is 110 Å². The summed E-state index contributed by atoms with van der Waals surface area (Å²) in [5.74, 6) is 0. The molecule has 2 aromatic rings. The van der Waals surface area contributed by atoms with Crippen LogP contribution in [0.15, 0.2) is 30.6 Å². The molecule has 2 heterocycles. The minimum Gasteiger partial charge on any atom is -0.465 e. The van der Waals surface area contributed by atoms with Gasteiger partial charge in [-0.3, -0.25) is 4.98 Å². The smallest absolute Gasteiger partial charge is 0.404 e. The van der Waals surface area contributed by atoms with E-state index >= 15 is 0 Å². The first-order valence-corrected chi connectivity index (χ1v) is 6.35. The molecule has 0 aromatic carbocycles. The van der Waals surface area contributed by atoms with Crippen LogP contribution in [0.4, 0.5) is 4.79 Å². The lowest BCUT2D eigenvalue weighted by atomic mass is 9.91. The van der Waals surface area contributed by atoms with Crippen LogP contribution in [0, 0.1) is 0 Å². The van der Waals surface area contributed by atoms with E-state index in [-0.39, 0.29) is 6.04 Å². The minimum absolute atomic E-state index is 0.0272. The molecule has 0 radical (unpaired) electrons. The summed E-state index contributed by atoms with van der Waals surface area (Å²) in [7, 11) is 0. The fraction of sp³-hybridized carbons (Fsp3) is 0.286. The molecule has 98 valence electrons. The van der Waals surface area contributed by atoms with Gasteiger partial charge in [-0.05, 0) is 37.0 Å². The van der Waals surface area contributed by atoms with Gasteiger partial charge in [-0.1, -0.05) is 6.08 Å². The second kappa shape index (κ2) is 4.76. The molecule has 1 atom stereocenters. The number of nitrogens with one attached hydrogen (secondary N) is 2. The Balaban J connectivity index is 1.84. The zero-order valence-electron chi connectivity index (χ0n) is 10.4. The normalized spacial score (nSPS) is 19.2. The summed E-state index contributed by atoms with van der Waals surface area (Å²) in [6.07, 6.45) is 7.37. The first-order chi connectivity index (χ1) is 9.24. The number of hydrogen-bond acceptors (Lipinski definition) is 2. The summed E-state index contributed by atoms with van der Waals surface area (Å²) in [5, 5.41) is 11.2. The Morgan fingerprint density at radius 2 is 2.42 bits per heavy atom. The predicted molar refractivity (Wildman–Crippen MR) is 72.9 cm³/mol. The molecule has 0 aliphatic heterocycles. The number of H-pyrrole nitrogens is 1. The van der Waals surface area contributed by atoms with Crippen LogP contribution in [0.25, 0.3) is 16.6 Å². The van der Waals surface area contributed by atoms with Crippen molar-refractivity contribution in [1.29, 1.82) is 0 Å². The maximum Gasteiger partial charge on any atom is 0.404 e. The van der Waals surface area contributed by atoms with Gasteiger partial charge in [-0.2, -0.15) is 0 Å². The maximum atomic E-state index is 10.6. The number of fused-ring (bicyclic) bond motifs is 1. The van der Waals surface area contributed by atoms with Crippen LogP contribution in [0.5, 0.6) is 0 Å².